The number of morpholine rings is 1. The van der Waals surface area contributed by atoms with Gasteiger partial charge in [0, 0.05) is 44.4 Å². The van der Waals surface area contributed by atoms with Gasteiger partial charge in [0.2, 0.25) is 11.8 Å². The minimum absolute atomic E-state index is 0.0577. The van der Waals surface area contributed by atoms with E-state index in [1.807, 2.05) is 24.3 Å². The van der Waals surface area contributed by atoms with Crippen LogP contribution in [0.3, 0.4) is 0 Å². The van der Waals surface area contributed by atoms with Gasteiger partial charge in [0.15, 0.2) is 0 Å². The zero-order valence-electron chi connectivity index (χ0n) is 23.8. The first-order valence-electron chi connectivity index (χ1n) is 13.8. The fourth-order valence-corrected chi connectivity index (χ4v) is 4.80. The highest BCUT2D eigenvalue weighted by Crippen LogP contribution is 2.33. The number of nitrogens with one attached hydrogen (secondary N) is 1. The van der Waals surface area contributed by atoms with Gasteiger partial charge in [-0.25, -0.2) is 4.68 Å². The van der Waals surface area contributed by atoms with E-state index in [0.717, 1.165) is 25.0 Å². The molecule has 2 aromatic carbocycles. The predicted octanol–water partition coefficient (Wildman–Crippen LogP) is 2.51. The fraction of sp³-hybridized carbons (Fsp3) is 0.517. The van der Waals surface area contributed by atoms with E-state index in [4.69, 9.17) is 14.2 Å². The highest BCUT2D eigenvalue weighted by molar-refractivity contribution is 5.90. The Kier molecular flexibility index (Phi) is 10.3. The van der Waals surface area contributed by atoms with Gasteiger partial charge in [-0.1, -0.05) is 31.2 Å². The Morgan fingerprint density at radius 3 is 2.60 bits per heavy atom. The topological polar surface area (TPSA) is 111 Å². The third-order valence-electron chi connectivity index (χ3n) is 7.10. The molecule has 11 heteroatoms. The summed E-state index contributed by atoms with van der Waals surface area (Å²) in [6.45, 7) is 8.43. The molecule has 1 atom stereocenters. The summed E-state index contributed by atoms with van der Waals surface area (Å²) in [6.07, 6.45) is 0.824. The van der Waals surface area contributed by atoms with Crippen LogP contribution in [0.15, 0.2) is 42.5 Å². The number of amides is 2. The number of hydrogen-bond donors (Lipinski definition) is 1. The normalized spacial score (nSPS) is 14.7. The molecule has 0 aliphatic carbocycles. The number of rotatable bonds is 13. The number of methoxy groups -OCH3 is 2. The zero-order valence-corrected chi connectivity index (χ0v) is 23.8. The molecule has 1 aliphatic rings. The van der Waals surface area contributed by atoms with Gasteiger partial charge in [-0.2, -0.15) is 0 Å². The summed E-state index contributed by atoms with van der Waals surface area (Å²) < 4.78 is 18.2. The SMILES string of the molecule is COc1ccc([C@H](C(=O)NCCC(C)C)N(CCN2CCOCC2)C(=O)Cn2nnc3ccccc32)c(OC)c1. The molecule has 0 saturated carbocycles. The fourth-order valence-electron chi connectivity index (χ4n) is 4.80. The molecule has 1 aliphatic heterocycles. The van der Waals surface area contributed by atoms with Gasteiger partial charge in [0.05, 0.1) is 33.0 Å². The van der Waals surface area contributed by atoms with Crippen LogP contribution < -0.4 is 14.8 Å². The number of carbonyl (C=O) groups is 2. The number of nitrogens with zero attached hydrogens (tertiary/aromatic N) is 5. The van der Waals surface area contributed by atoms with E-state index in [0.29, 0.717) is 61.3 Å². The summed E-state index contributed by atoms with van der Waals surface area (Å²) in [5.74, 6) is 0.987. The number of fused-ring (bicyclic) bond motifs is 1. The lowest BCUT2D eigenvalue weighted by Crippen LogP contribution is -2.49. The second kappa shape index (κ2) is 14.1. The zero-order chi connectivity index (χ0) is 28.5. The predicted molar refractivity (Wildman–Crippen MR) is 151 cm³/mol. The summed E-state index contributed by atoms with van der Waals surface area (Å²) in [7, 11) is 3.12. The van der Waals surface area contributed by atoms with E-state index in [1.165, 1.54) is 0 Å². The molecule has 1 N–H and O–H groups in total. The van der Waals surface area contributed by atoms with Crippen LogP contribution >= 0.6 is 0 Å². The lowest BCUT2D eigenvalue weighted by Gasteiger charge is -2.35. The lowest BCUT2D eigenvalue weighted by atomic mass is 10.0. The molecular weight excluding hydrogens is 512 g/mol. The second-order valence-electron chi connectivity index (χ2n) is 10.3. The molecule has 11 nitrogen and oxygen atoms in total. The van der Waals surface area contributed by atoms with Crippen molar-refractivity contribution in [3.63, 3.8) is 0 Å². The molecule has 0 bridgehead atoms. The van der Waals surface area contributed by atoms with Crippen molar-refractivity contribution in [3.8, 4) is 11.5 Å². The summed E-state index contributed by atoms with van der Waals surface area (Å²) in [6, 6.07) is 11.9. The van der Waals surface area contributed by atoms with Crippen molar-refractivity contribution in [1.29, 1.82) is 0 Å². The summed E-state index contributed by atoms with van der Waals surface area (Å²) in [5, 5.41) is 11.5. The highest BCUT2D eigenvalue weighted by atomic mass is 16.5. The van der Waals surface area contributed by atoms with E-state index >= 15 is 0 Å². The number of benzene rings is 2. The molecular formula is C29H40N6O5. The van der Waals surface area contributed by atoms with Crippen molar-refractivity contribution in [2.24, 2.45) is 5.92 Å². The van der Waals surface area contributed by atoms with E-state index < -0.39 is 6.04 Å². The van der Waals surface area contributed by atoms with Gasteiger partial charge in [-0.05, 0) is 36.6 Å². The quantitative estimate of drug-likeness (QED) is 0.344. The molecule has 2 amide bonds. The van der Waals surface area contributed by atoms with Crippen molar-refractivity contribution < 1.29 is 23.8 Å². The van der Waals surface area contributed by atoms with Gasteiger partial charge in [-0.15, -0.1) is 5.10 Å². The molecule has 4 rings (SSSR count). The number of aromatic nitrogens is 3. The highest BCUT2D eigenvalue weighted by Gasteiger charge is 2.34. The second-order valence-corrected chi connectivity index (χ2v) is 10.3. The Morgan fingerprint density at radius 2 is 1.88 bits per heavy atom. The largest absolute Gasteiger partial charge is 0.497 e. The number of hydrogen-bond acceptors (Lipinski definition) is 8. The summed E-state index contributed by atoms with van der Waals surface area (Å²) in [4.78, 5) is 31.9. The first-order chi connectivity index (χ1) is 19.4. The van der Waals surface area contributed by atoms with Crippen LogP contribution in [0.25, 0.3) is 11.0 Å². The van der Waals surface area contributed by atoms with Gasteiger partial charge >= 0.3 is 0 Å². The van der Waals surface area contributed by atoms with Crippen LogP contribution in [-0.2, 0) is 20.9 Å². The van der Waals surface area contributed by atoms with Gasteiger partial charge in [0.25, 0.3) is 0 Å². The molecule has 2 heterocycles. The third-order valence-corrected chi connectivity index (χ3v) is 7.10. The average molecular weight is 553 g/mol. The lowest BCUT2D eigenvalue weighted by molar-refractivity contribution is -0.142. The van der Waals surface area contributed by atoms with E-state index in [2.05, 4.69) is 34.4 Å². The Morgan fingerprint density at radius 1 is 1.10 bits per heavy atom. The molecule has 1 saturated heterocycles. The molecule has 0 radical (unpaired) electrons. The standard InChI is InChI=1S/C29H40N6O5/c1-21(2)11-12-30-29(37)28(23-10-9-22(38-3)19-26(23)39-4)34(14-13-33-15-17-40-18-16-33)27(36)20-35-25-8-6-5-7-24(25)31-32-35/h5-10,19,21,28H,11-18,20H2,1-4H3,(H,30,37)/t28-/m1/s1. The number of ether oxygens (including phenoxy) is 3. The number of para-hydroxylation sites is 1. The maximum absolute atomic E-state index is 14.1. The first-order valence-corrected chi connectivity index (χ1v) is 13.8. The van der Waals surface area contributed by atoms with Gasteiger partial charge in [-0.3, -0.25) is 14.5 Å². The maximum Gasteiger partial charge on any atom is 0.247 e. The Bertz CT molecular complexity index is 1270. The van der Waals surface area contributed by atoms with Crippen LogP contribution in [0.2, 0.25) is 0 Å². The molecule has 216 valence electrons. The van der Waals surface area contributed by atoms with Crippen LogP contribution in [0.1, 0.15) is 31.9 Å². The monoisotopic (exact) mass is 552 g/mol. The van der Waals surface area contributed by atoms with Crippen molar-refractivity contribution in [2.75, 3.05) is 60.2 Å². The van der Waals surface area contributed by atoms with Crippen molar-refractivity contribution in [2.45, 2.75) is 32.9 Å². The molecule has 1 aromatic heterocycles. The summed E-state index contributed by atoms with van der Waals surface area (Å²) >= 11 is 0. The van der Waals surface area contributed by atoms with Crippen LogP contribution in [-0.4, -0.2) is 96.8 Å². The molecule has 40 heavy (non-hydrogen) atoms. The smallest absolute Gasteiger partial charge is 0.247 e. The average Bonchev–Trinajstić information content (AvgIpc) is 3.37. The molecule has 1 fully saturated rings. The molecule has 0 spiro atoms. The van der Waals surface area contributed by atoms with Gasteiger partial charge < -0.3 is 24.4 Å². The third kappa shape index (κ3) is 7.28. The Balaban J connectivity index is 1.70. The molecule has 3 aromatic rings. The van der Waals surface area contributed by atoms with Crippen LogP contribution in [0.4, 0.5) is 0 Å². The van der Waals surface area contributed by atoms with Crippen LogP contribution in [0, 0.1) is 5.92 Å². The minimum atomic E-state index is -0.920. The summed E-state index contributed by atoms with van der Waals surface area (Å²) in [5.41, 5.74) is 2.04. The van der Waals surface area contributed by atoms with Crippen molar-refractivity contribution in [3.05, 3.63) is 48.0 Å². The minimum Gasteiger partial charge on any atom is -0.497 e. The molecule has 0 unspecified atom stereocenters. The van der Waals surface area contributed by atoms with Crippen molar-refractivity contribution in [1.82, 2.24) is 30.1 Å². The van der Waals surface area contributed by atoms with Crippen LogP contribution in [0.5, 0.6) is 11.5 Å². The van der Waals surface area contributed by atoms with E-state index in [9.17, 15) is 9.59 Å². The Hall–Kier alpha value is -3.70. The van der Waals surface area contributed by atoms with E-state index in [1.54, 1.807) is 42.0 Å². The number of carbonyl (C=O) groups excluding carboxylic acids is 2. The van der Waals surface area contributed by atoms with Gasteiger partial charge in [0.1, 0.15) is 29.6 Å². The maximum atomic E-state index is 14.1. The van der Waals surface area contributed by atoms with Crippen molar-refractivity contribution >= 4 is 22.8 Å². The first kappa shape index (κ1) is 29.3. The van der Waals surface area contributed by atoms with E-state index in [-0.39, 0.29) is 18.4 Å². The Labute approximate surface area is 235 Å².